The first-order chi connectivity index (χ1) is 12.0. The summed E-state index contributed by atoms with van der Waals surface area (Å²) in [4.78, 5) is 7.88. The molecule has 0 aliphatic heterocycles. The summed E-state index contributed by atoms with van der Waals surface area (Å²) in [5.41, 5.74) is 1.84. The van der Waals surface area contributed by atoms with E-state index >= 15 is 0 Å². The second-order valence-electron chi connectivity index (χ2n) is 5.17. The molecule has 0 aliphatic carbocycles. The van der Waals surface area contributed by atoms with Crippen molar-refractivity contribution < 1.29 is 17.9 Å². The molecule has 2 aromatic rings. The molecule has 0 radical (unpaired) electrons. The first kappa shape index (κ1) is 18.6. The summed E-state index contributed by atoms with van der Waals surface area (Å²) >= 11 is 0. The zero-order chi connectivity index (χ0) is 18.1. The van der Waals surface area contributed by atoms with E-state index in [1.54, 1.807) is 13.1 Å². The summed E-state index contributed by atoms with van der Waals surface area (Å²) in [6, 6.07) is 13.0. The van der Waals surface area contributed by atoms with Crippen LogP contribution in [0.4, 0.5) is 13.2 Å². The minimum Gasteiger partial charge on any atom is -0.468 e. The second kappa shape index (κ2) is 8.91. The van der Waals surface area contributed by atoms with E-state index in [1.807, 2.05) is 30.3 Å². The number of pyridine rings is 1. The Bertz CT molecular complexity index is 690. The Morgan fingerprint density at radius 1 is 1.08 bits per heavy atom. The lowest BCUT2D eigenvalue weighted by Gasteiger charge is -2.13. The van der Waals surface area contributed by atoms with Crippen molar-refractivity contribution >= 4 is 5.96 Å². The fourth-order valence-electron chi connectivity index (χ4n) is 1.98. The number of halogens is 3. The van der Waals surface area contributed by atoms with Crippen LogP contribution in [-0.2, 0) is 13.1 Å². The van der Waals surface area contributed by atoms with Crippen molar-refractivity contribution in [1.82, 2.24) is 15.6 Å². The van der Waals surface area contributed by atoms with Gasteiger partial charge in [0, 0.05) is 32.4 Å². The van der Waals surface area contributed by atoms with Gasteiger partial charge in [0.2, 0.25) is 5.88 Å². The van der Waals surface area contributed by atoms with Gasteiger partial charge in [-0.2, -0.15) is 13.2 Å². The number of guanidine groups is 1. The third-order valence-electron chi connectivity index (χ3n) is 3.17. The van der Waals surface area contributed by atoms with E-state index in [-0.39, 0.29) is 5.88 Å². The molecule has 0 atom stereocenters. The Morgan fingerprint density at radius 2 is 1.76 bits per heavy atom. The molecular weight excluding hydrogens is 333 g/mol. The Balaban J connectivity index is 1.84. The third kappa shape index (κ3) is 7.11. The van der Waals surface area contributed by atoms with Gasteiger partial charge in [0.05, 0.1) is 0 Å². The summed E-state index contributed by atoms with van der Waals surface area (Å²) in [5.74, 6) is 0.516. The lowest BCUT2D eigenvalue weighted by Crippen LogP contribution is -2.36. The highest BCUT2D eigenvalue weighted by Gasteiger charge is 2.28. The highest BCUT2D eigenvalue weighted by molar-refractivity contribution is 5.79. The van der Waals surface area contributed by atoms with Crippen LogP contribution in [0.25, 0.3) is 0 Å². The summed E-state index contributed by atoms with van der Waals surface area (Å²) in [6.07, 6.45) is -2.98. The van der Waals surface area contributed by atoms with Crippen LogP contribution in [-0.4, -0.2) is 30.8 Å². The van der Waals surface area contributed by atoms with E-state index in [1.165, 1.54) is 12.3 Å². The van der Waals surface area contributed by atoms with Crippen molar-refractivity contribution in [3.8, 4) is 5.88 Å². The van der Waals surface area contributed by atoms with Gasteiger partial charge in [-0.05, 0) is 17.2 Å². The number of ether oxygens (including phenoxy) is 1. The third-order valence-corrected chi connectivity index (χ3v) is 3.17. The van der Waals surface area contributed by atoms with Gasteiger partial charge in [-0.15, -0.1) is 0 Å². The smallest absolute Gasteiger partial charge is 0.422 e. The van der Waals surface area contributed by atoms with E-state index in [9.17, 15) is 13.2 Å². The van der Waals surface area contributed by atoms with Crippen LogP contribution in [0.5, 0.6) is 5.88 Å². The molecule has 2 N–H and O–H groups in total. The van der Waals surface area contributed by atoms with Gasteiger partial charge in [-0.3, -0.25) is 4.99 Å². The molecule has 5 nitrogen and oxygen atoms in total. The minimum absolute atomic E-state index is 0.0659. The number of rotatable bonds is 6. The molecule has 134 valence electrons. The van der Waals surface area contributed by atoms with Gasteiger partial charge in [0.1, 0.15) is 0 Å². The zero-order valence-electron chi connectivity index (χ0n) is 13.7. The van der Waals surface area contributed by atoms with Crippen molar-refractivity contribution in [2.75, 3.05) is 13.7 Å². The average molecular weight is 352 g/mol. The highest BCUT2D eigenvalue weighted by Crippen LogP contribution is 2.17. The lowest BCUT2D eigenvalue weighted by molar-refractivity contribution is -0.154. The van der Waals surface area contributed by atoms with Crippen molar-refractivity contribution in [1.29, 1.82) is 0 Å². The van der Waals surface area contributed by atoms with E-state index in [2.05, 4.69) is 25.3 Å². The molecule has 2 rings (SSSR count). The minimum atomic E-state index is -4.39. The van der Waals surface area contributed by atoms with Crippen LogP contribution >= 0.6 is 0 Å². The molecule has 1 aromatic carbocycles. The Hall–Kier alpha value is -2.77. The number of aromatic nitrogens is 1. The van der Waals surface area contributed by atoms with Gasteiger partial charge in [-0.1, -0.05) is 30.3 Å². The zero-order valence-corrected chi connectivity index (χ0v) is 13.7. The average Bonchev–Trinajstić information content (AvgIpc) is 2.61. The van der Waals surface area contributed by atoms with Crippen LogP contribution in [0, 0.1) is 0 Å². The fourth-order valence-corrected chi connectivity index (χ4v) is 1.98. The van der Waals surface area contributed by atoms with Gasteiger partial charge >= 0.3 is 6.18 Å². The fraction of sp³-hybridized carbons (Fsp3) is 0.294. The van der Waals surface area contributed by atoms with E-state index in [0.29, 0.717) is 19.0 Å². The number of aliphatic imine (C=N–C) groups is 1. The molecule has 0 unspecified atom stereocenters. The maximum atomic E-state index is 12.2. The van der Waals surface area contributed by atoms with Crippen molar-refractivity contribution in [2.45, 2.75) is 19.3 Å². The molecule has 0 fully saturated rings. The summed E-state index contributed by atoms with van der Waals surface area (Å²) in [5, 5.41) is 6.25. The lowest BCUT2D eigenvalue weighted by atomic mass is 10.2. The highest BCUT2D eigenvalue weighted by atomic mass is 19.4. The van der Waals surface area contributed by atoms with Crippen molar-refractivity contribution in [3.63, 3.8) is 0 Å². The largest absolute Gasteiger partial charge is 0.468 e. The van der Waals surface area contributed by atoms with Crippen molar-refractivity contribution in [3.05, 3.63) is 59.8 Å². The number of nitrogens with one attached hydrogen (secondary N) is 2. The summed E-state index contributed by atoms with van der Waals surface area (Å²) < 4.78 is 41.2. The van der Waals surface area contributed by atoms with Crippen LogP contribution in [0.15, 0.2) is 53.7 Å². The summed E-state index contributed by atoms with van der Waals surface area (Å²) in [6.45, 7) is -0.382. The predicted molar refractivity (Wildman–Crippen MR) is 89.3 cm³/mol. The monoisotopic (exact) mass is 352 g/mol. The first-order valence-corrected chi connectivity index (χ1v) is 7.59. The quantitative estimate of drug-likeness (QED) is 0.620. The van der Waals surface area contributed by atoms with E-state index in [4.69, 9.17) is 0 Å². The summed E-state index contributed by atoms with van der Waals surface area (Å²) in [7, 11) is 1.64. The molecule has 25 heavy (non-hydrogen) atoms. The number of hydrogen-bond donors (Lipinski definition) is 2. The predicted octanol–water partition coefficient (Wildman–Crippen LogP) is 2.89. The Kier molecular flexibility index (Phi) is 6.62. The molecule has 0 bridgehead atoms. The van der Waals surface area contributed by atoms with Gasteiger partial charge in [0.25, 0.3) is 0 Å². The normalized spacial score (nSPS) is 11.9. The maximum absolute atomic E-state index is 12.2. The van der Waals surface area contributed by atoms with Crippen LogP contribution in [0.3, 0.4) is 0 Å². The second-order valence-corrected chi connectivity index (χ2v) is 5.17. The molecule has 8 heteroatoms. The van der Waals surface area contributed by atoms with E-state index < -0.39 is 12.8 Å². The van der Waals surface area contributed by atoms with Crippen molar-refractivity contribution in [2.24, 2.45) is 4.99 Å². The van der Waals surface area contributed by atoms with Crippen LogP contribution < -0.4 is 15.4 Å². The number of nitrogens with zero attached hydrogens (tertiary/aromatic N) is 2. The number of hydrogen-bond acceptors (Lipinski definition) is 3. The first-order valence-electron chi connectivity index (χ1n) is 7.59. The molecule has 0 aliphatic rings. The molecule has 1 heterocycles. The number of alkyl halides is 3. The molecule has 0 spiro atoms. The van der Waals surface area contributed by atoms with Crippen LogP contribution in [0.1, 0.15) is 11.1 Å². The molecular formula is C17H19F3N4O. The van der Waals surface area contributed by atoms with Gasteiger partial charge in [-0.25, -0.2) is 4.98 Å². The standard InChI is InChI=1S/C17H19F3N4O/c1-21-16(23-10-13-5-3-2-4-6-13)24-11-14-7-8-22-15(9-14)25-12-17(18,19)20/h2-9H,10-12H2,1H3,(H2,21,23,24). The maximum Gasteiger partial charge on any atom is 0.422 e. The Labute approximate surface area is 144 Å². The van der Waals surface area contributed by atoms with Gasteiger partial charge < -0.3 is 15.4 Å². The SMILES string of the molecule is CN=C(NCc1ccccc1)NCc1ccnc(OCC(F)(F)F)c1. The molecule has 0 amide bonds. The molecule has 0 saturated carbocycles. The topological polar surface area (TPSA) is 58.5 Å². The Morgan fingerprint density at radius 3 is 2.40 bits per heavy atom. The molecule has 1 aromatic heterocycles. The number of benzene rings is 1. The molecule has 0 saturated heterocycles. The van der Waals surface area contributed by atoms with Crippen LogP contribution in [0.2, 0.25) is 0 Å². The van der Waals surface area contributed by atoms with Gasteiger partial charge in [0.15, 0.2) is 12.6 Å². The van der Waals surface area contributed by atoms with E-state index in [0.717, 1.165) is 11.1 Å².